The van der Waals surface area contributed by atoms with Crippen molar-refractivity contribution >= 4 is 25.2 Å². The smallest absolute Gasteiger partial charge is 0.306 e. The van der Waals surface area contributed by atoms with Crippen molar-refractivity contribution in [2.45, 2.75) is 64.5 Å². The highest BCUT2D eigenvalue weighted by atomic mass is 28.3. The Kier molecular flexibility index (Phi) is 7.79. The average Bonchev–Trinajstić information content (AvgIpc) is 2.66. The number of esters is 2. The predicted molar refractivity (Wildman–Crippen MR) is 119 cm³/mol. The molecule has 2 rings (SSSR count). The Morgan fingerprint density at radius 2 is 1.38 bits per heavy atom. The van der Waals surface area contributed by atoms with Crippen molar-refractivity contribution in [3.8, 4) is 0 Å². The molecule has 0 fully saturated rings. The van der Waals surface area contributed by atoms with E-state index in [9.17, 15) is 9.59 Å². The van der Waals surface area contributed by atoms with Crippen LogP contribution in [0.3, 0.4) is 0 Å². The second-order valence-corrected chi connectivity index (χ2v) is 13.8. The van der Waals surface area contributed by atoms with E-state index in [2.05, 4.69) is 25.2 Å². The van der Waals surface area contributed by atoms with Crippen molar-refractivity contribution in [3.05, 3.63) is 66.2 Å². The zero-order valence-corrected chi connectivity index (χ0v) is 19.1. The molecule has 0 heterocycles. The van der Waals surface area contributed by atoms with E-state index in [1.165, 1.54) is 5.19 Å². The van der Waals surface area contributed by atoms with Crippen molar-refractivity contribution < 1.29 is 19.1 Å². The van der Waals surface area contributed by atoms with Gasteiger partial charge in [-0.25, -0.2) is 0 Å². The van der Waals surface area contributed by atoms with Gasteiger partial charge in [0.1, 0.15) is 12.2 Å². The first-order valence-electron chi connectivity index (χ1n) is 10.0. The Morgan fingerprint density at radius 3 is 1.93 bits per heavy atom. The number of benzene rings is 2. The quantitative estimate of drug-likeness (QED) is 0.460. The minimum atomic E-state index is -2.12. The lowest BCUT2D eigenvalue weighted by Crippen LogP contribution is -2.47. The van der Waals surface area contributed by atoms with E-state index in [1.54, 1.807) is 0 Å². The van der Waals surface area contributed by atoms with Crippen molar-refractivity contribution in [2.24, 2.45) is 0 Å². The Hall–Kier alpha value is -2.40. The molecule has 2 aromatic carbocycles. The van der Waals surface area contributed by atoms with Gasteiger partial charge in [-0.2, -0.15) is 0 Å². The number of carbonyl (C=O) groups excluding carboxylic acids is 2. The standard InChI is InChI=1S/C24H32O4Si/c1-24(2,3)28-23(26)17-21(29(4,5)20-14-10-7-11-15-20)16-22(25)27-18-19-12-8-6-9-13-19/h6-15,21H,16-18H2,1-5H3/t21-/m0/s1. The lowest BCUT2D eigenvalue weighted by molar-refractivity contribution is -0.155. The summed E-state index contributed by atoms with van der Waals surface area (Å²) in [6.45, 7) is 10.2. The molecule has 0 radical (unpaired) electrons. The molecule has 0 N–H and O–H groups in total. The van der Waals surface area contributed by atoms with Crippen LogP contribution in [0.25, 0.3) is 0 Å². The molecule has 0 aliphatic heterocycles. The molecule has 29 heavy (non-hydrogen) atoms. The first-order valence-corrected chi connectivity index (χ1v) is 13.1. The number of ether oxygens (including phenoxy) is 2. The Labute approximate surface area is 175 Å². The maximum absolute atomic E-state index is 12.6. The number of carbonyl (C=O) groups is 2. The van der Waals surface area contributed by atoms with Gasteiger partial charge < -0.3 is 9.47 Å². The zero-order chi connectivity index (χ0) is 21.5. The first-order chi connectivity index (χ1) is 13.6. The van der Waals surface area contributed by atoms with E-state index in [4.69, 9.17) is 9.47 Å². The zero-order valence-electron chi connectivity index (χ0n) is 18.1. The highest BCUT2D eigenvalue weighted by Crippen LogP contribution is 2.31. The van der Waals surface area contributed by atoms with Gasteiger partial charge in [-0.3, -0.25) is 9.59 Å². The fourth-order valence-corrected chi connectivity index (χ4v) is 6.15. The molecule has 0 aromatic heterocycles. The minimum Gasteiger partial charge on any atom is -0.461 e. The third kappa shape index (κ3) is 7.50. The fourth-order valence-electron chi connectivity index (χ4n) is 3.27. The molecule has 0 aliphatic rings. The molecule has 0 saturated heterocycles. The molecule has 0 unspecified atom stereocenters. The SMILES string of the molecule is CC(C)(C)OC(=O)C[C@H](CC(=O)OCc1ccccc1)[Si](C)(C)c1ccccc1. The van der Waals surface area contributed by atoms with Crippen molar-refractivity contribution in [1.82, 2.24) is 0 Å². The van der Waals surface area contributed by atoms with Gasteiger partial charge in [0.25, 0.3) is 0 Å². The number of hydrogen-bond donors (Lipinski definition) is 0. The summed E-state index contributed by atoms with van der Waals surface area (Å²) < 4.78 is 11.0. The summed E-state index contributed by atoms with van der Waals surface area (Å²) in [6.07, 6.45) is 0.423. The lowest BCUT2D eigenvalue weighted by atomic mass is 10.2. The predicted octanol–water partition coefficient (Wildman–Crippen LogP) is 4.84. The molecule has 0 aliphatic carbocycles. The molecular weight excluding hydrogens is 380 g/mol. The van der Waals surface area contributed by atoms with Crippen LogP contribution in [-0.4, -0.2) is 25.6 Å². The van der Waals surface area contributed by atoms with E-state index < -0.39 is 13.7 Å². The second kappa shape index (κ2) is 9.88. The summed E-state index contributed by atoms with van der Waals surface area (Å²) >= 11 is 0. The first kappa shape index (κ1) is 22.9. The van der Waals surface area contributed by atoms with Gasteiger partial charge in [-0.15, -0.1) is 0 Å². The van der Waals surface area contributed by atoms with Crippen molar-refractivity contribution in [2.75, 3.05) is 0 Å². The van der Waals surface area contributed by atoms with Crippen LogP contribution in [0.15, 0.2) is 60.7 Å². The maximum Gasteiger partial charge on any atom is 0.306 e. The molecule has 0 bridgehead atoms. The van der Waals surface area contributed by atoms with Crippen LogP contribution < -0.4 is 5.19 Å². The molecule has 4 nitrogen and oxygen atoms in total. The van der Waals surface area contributed by atoms with Crippen LogP contribution >= 0.6 is 0 Å². The Bertz CT molecular complexity index is 795. The highest BCUT2D eigenvalue weighted by Gasteiger charge is 2.37. The Balaban J connectivity index is 2.13. The average molecular weight is 413 g/mol. The molecule has 1 atom stereocenters. The third-order valence-corrected chi connectivity index (χ3v) is 9.30. The Morgan fingerprint density at radius 1 is 0.862 bits per heavy atom. The summed E-state index contributed by atoms with van der Waals surface area (Å²) in [5.41, 5.74) is 0.292. The van der Waals surface area contributed by atoms with E-state index in [0.29, 0.717) is 0 Å². The largest absolute Gasteiger partial charge is 0.461 e. The van der Waals surface area contributed by atoms with E-state index >= 15 is 0 Å². The molecule has 2 aromatic rings. The minimum absolute atomic E-state index is 0.108. The fraction of sp³-hybridized carbons (Fsp3) is 0.417. The van der Waals surface area contributed by atoms with E-state index in [-0.39, 0.29) is 36.9 Å². The van der Waals surface area contributed by atoms with E-state index in [0.717, 1.165) is 5.56 Å². The molecule has 0 saturated carbocycles. The van der Waals surface area contributed by atoms with Gasteiger partial charge in [0.2, 0.25) is 0 Å². The summed E-state index contributed by atoms with van der Waals surface area (Å²) in [7, 11) is -2.12. The van der Waals surface area contributed by atoms with Gasteiger partial charge in [0.05, 0.1) is 8.07 Å². The normalized spacial score (nSPS) is 12.9. The number of rotatable bonds is 8. The van der Waals surface area contributed by atoms with Crippen molar-refractivity contribution in [3.63, 3.8) is 0 Å². The molecule has 5 heteroatoms. The van der Waals surface area contributed by atoms with Crippen LogP contribution in [0.5, 0.6) is 0 Å². The van der Waals surface area contributed by atoms with Gasteiger partial charge in [0.15, 0.2) is 0 Å². The van der Waals surface area contributed by atoms with Gasteiger partial charge in [0, 0.05) is 12.8 Å². The van der Waals surface area contributed by atoms with E-state index in [1.807, 2.05) is 69.3 Å². The molecular formula is C24H32O4Si. The summed E-state index contributed by atoms with van der Waals surface area (Å²) in [6, 6.07) is 19.8. The summed E-state index contributed by atoms with van der Waals surface area (Å²) in [4.78, 5) is 25.2. The van der Waals surface area contributed by atoms with Gasteiger partial charge >= 0.3 is 11.9 Å². The maximum atomic E-state index is 12.6. The van der Waals surface area contributed by atoms with Gasteiger partial charge in [-0.1, -0.05) is 78.9 Å². The number of hydrogen-bond acceptors (Lipinski definition) is 4. The second-order valence-electron chi connectivity index (χ2n) is 8.93. The van der Waals surface area contributed by atoms with Crippen molar-refractivity contribution in [1.29, 1.82) is 0 Å². The van der Waals surface area contributed by atoms with Crippen LogP contribution in [0, 0.1) is 0 Å². The van der Waals surface area contributed by atoms with Gasteiger partial charge in [-0.05, 0) is 31.9 Å². The van der Waals surface area contributed by atoms with Crippen LogP contribution in [0.2, 0.25) is 18.6 Å². The molecule has 156 valence electrons. The monoisotopic (exact) mass is 412 g/mol. The van der Waals surface area contributed by atoms with Crippen LogP contribution in [-0.2, 0) is 25.7 Å². The van der Waals surface area contributed by atoms with Crippen LogP contribution in [0.4, 0.5) is 0 Å². The topological polar surface area (TPSA) is 52.6 Å². The molecule has 0 amide bonds. The summed E-state index contributed by atoms with van der Waals surface area (Å²) in [5, 5.41) is 1.21. The van der Waals surface area contributed by atoms with Crippen LogP contribution in [0.1, 0.15) is 39.2 Å². The third-order valence-electron chi connectivity index (χ3n) is 5.03. The summed E-state index contributed by atoms with van der Waals surface area (Å²) in [5.74, 6) is -0.547. The highest BCUT2D eigenvalue weighted by molar-refractivity contribution is 6.91. The molecule has 0 spiro atoms. The lowest BCUT2D eigenvalue weighted by Gasteiger charge is -2.33.